The number of ether oxygens (including phenoxy) is 1. The van der Waals surface area contributed by atoms with Gasteiger partial charge in [-0.25, -0.2) is 19.3 Å². The Labute approximate surface area is 222 Å². The van der Waals surface area contributed by atoms with Gasteiger partial charge in [0.1, 0.15) is 17.1 Å². The van der Waals surface area contributed by atoms with Crippen LogP contribution in [0.3, 0.4) is 0 Å². The van der Waals surface area contributed by atoms with Crippen LogP contribution in [-0.4, -0.2) is 37.0 Å². The number of carbonyl (C=O) groups excluding carboxylic acids is 1. The molecule has 3 heterocycles. The van der Waals surface area contributed by atoms with Crippen molar-refractivity contribution < 1.29 is 9.53 Å². The number of thioether (sulfide) groups is 1. The number of carbonyl (C=O) groups is 1. The summed E-state index contributed by atoms with van der Waals surface area (Å²) in [7, 11) is 0. The Morgan fingerprint density at radius 2 is 1.82 bits per heavy atom. The second kappa shape index (κ2) is 10.1. The lowest BCUT2D eigenvalue weighted by atomic mass is 9.92. The lowest BCUT2D eigenvalue weighted by Crippen LogP contribution is -2.21. The molecular weight excluding hydrogens is 502 g/mol. The zero-order valence-corrected chi connectivity index (χ0v) is 22.1. The summed E-state index contributed by atoms with van der Waals surface area (Å²) in [6, 6.07) is 18.2. The van der Waals surface area contributed by atoms with E-state index in [-0.39, 0.29) is 11.1 Å². The topological polar surface area (TPSA) is 130 Å². The van der Waals surface area contributed by atoms with E-state index in [0.717, 1.165) is 16.3 Å². The van der Waals surface area contributed by atoms with Gasteiger partial charge in [0.05, 0.1) is 17.1 Å². The van der Waals surface area contributed by atoms with E-state index >= 15 is 0 Å². The fourth-order valence-corrected chi connectivity index (χ4v) is 4.41. The smallest absolute Gasteiger partial charge is 0.325 e. The number of fused-ring (bicyclic) bond motifs is 1. The first-order valence-corrected chi connectivity index (χ1v) is 13.1. The zero-order chi connectivity index (χ0) is 26.9. The molecule has 5 rings (SSSR count). The number of pyridine rings is 1. The monoisotopic (exact) mass is 529 g/mol. The van der Waals surface area contributed by atoms with Gasteiger partial charge in [0.25, 0.3) is 0 Å². The lowest BCUT2D eigenvalue weighted by Gasteiger charge is -2.14. The molecule has 0 spiro atoms. The van der Waals surface area contributed by atoms with Crippen molar-refractivity contribution >= 4 is 40.5 Å². The number of hydrogen-bond donors (Lipinski definition) is 4. The molecule has 0 aliphatic heterocycles. The van der Waals surface area contributed by atoms with Gasteiger partial charge in [-0.2, -0.15) is 5.10 Å². The maximum absolute atomic E-state index is 13.1. The SMILES string of the molecule is CSc1cc(Oc2ccnc3[nH]c(=O)[nH]c23)ccc1NC(=O)Nc1cc(C(C)(C)C)nn1-c1ccccc1. The molecule has 0 unspecified atom stereocenters. The van der Waals surface area contributed by atoms with Crippen LogP contribution in [0.2, 0.25) is 0 Å². The van der Waals surface area contributed by atoms with Crippen LogP contribution in [0.1, 0.15) is 26.5 Å². The largest absolute Gasteiger partial charge is 0.455 e. The third kappa shape index (κ3) is 5.28. The van der Waals surface area contributed by atoms with E-state index in [0.29, 0.717) is 34.2 Å². The average Bonchev–Trinajstić information content (AvgIpc) is 3.49. The van der Waals surface area contributed by atoms with E-state index in [1.54, 1.807) is 29.1 Å². The highest BCUT2D eigenvalue weighted by molar-refractivity contribution is 7.98. The molecule has 194 valence electrons. The van der Waals surface area contributed by atoms with Gasteiger partial charge in [0, 0.05) is 28.6 Å². The van der Waals surface area contributed by atoms with Crippen molar-refractivity contribution in [3.05, 3.63) is 83.0 Å². The second-order valence-electron chi connectivity index (χ2n) is 9.57. The molecule has 2 amide bonds. The minimum absolute atomic E-state index is 0.192. The molecule has 3 aromatic heterocycles. The fourth-order valence-electron chi connectivity index (χ4n) is 3.83. The molecule has 0 radical (unpaired) electrons. The van der Waals surface area contributed by atoms with Gasteiger partial charge in [-0.05, 0) is 36.6 Å². The highest BCUT2D eigenvalue weighted by Gasteiger charge is 2.22. The molecule has 4 N–H and O–H groups in total. The molecule has 38 heavy (non-hydrogen) atoms. The summed E-state index contributed by atoms with van der Waals surface area (Å²) in [5.41, 5.74) is 2.67. The van der Waals surface area contributed by atoms with Crippen LogP contribution in [0.25, 0.3) is 16.9 Å². The number of anilines is 2. The summed E-state index contributed by atoms with van der Waals surface area (Å²) in [6.07, 6.45) is 3.47. The number of hydrogen-bond acceptors (Lipinski definition) is 6. The number of benzene rings is 2. The molecule has 5 aromatic rings. The molecular formula is C27H27N7O3S. The minimum atomic E-state index is -0.396. The van der Waals surface area contributed by atoms with Gasteiger partial charge < -0.3 is 15.0 Å². The Morgan fingerprint density at radius 1 is 1.03 bits per heavy atom. The normalized spacial score (nSPS) is 11.5. The Bertz CT molecular complexity index is 1670. The highest BCUT2D eigenvalue weighted by Crippen LogP contribution is 2.33. The van der Waals surface area contributed by atoms with Crippen LogP contribution in [0.15, 0.2) is 76.6 Å². The Morgan fingerprint density at radius 3 is 2.55 bits per heavy atom. The molecule has 10 nitrogen and oxygen atoms in total. The predicted octanol–water partition coefficient (Wildman–Crippen LogP) is 5.89. The molecule has 2 aromatic carbocycles. The number of amides is 2. The molecule has 0 saturated carbocycles. The van der Waals surface area contributed by atoms with E-state index in [1.807, 2.05) is 48.7 Å². The van der Waals surface area contributed by atoms with E-state index in [4.69, 9.17) is 9.84 Å². The van der Waals surface area contributed by atoms with Gasteiger partial charge in [0.2, 0.25) is 0 Å². The maximum Gasteiger partial charge on any atom is 0.325 e. The van der Waals surface area contributed by atoms with Gasteiger partial charge >= 0.3 is 11.7 Å². The first-order chi connectivity index (χ1) is 18.2. The molecule has 0 fully saturated rings. The predicted molar refractivity (Wildman–Crippen MR) is 150 cm³/mol. The number of rotatable bonds is 6. The number of nitrogens with zero attached hydrogens (tertiary/aromatic N) is 3. The summed E-state index contributed by atoms with van der Waals surface area (Å²) >= 11 is 1.47. The van der Waals surface area contributed by atoms with E-state index in [9.17, 15) is 9.59 Å². The number of imidazole rings is 1. The third-order valence-electron chi connectivity index (χ3n) is 5.75. The van der Waals surface area contributed by atoms with Crippen LogP contribution in [-0.2, 0) is 5.41 Å². The fraction of sp³-hybridized carbons (Fsp3) is 0.185. The van der Waals surface area contributed by atoms with Gasteiger partial charge in [-0.3, -0.25) is 10.3 Å². The van der Waals surface area contributed by atoms with Crippen molar-refractivity contribution in [3.8, 4) is 17.2 Å². The van der Waals surface area contributed by atoms with Crippen LogP contribution in [0.4, 0.5) is 16.3 Å². The first-order valence-electron chi connectivity index (χ1n) is 11.9. The van der Waals surface area contributed by atoms with Crippen molar-refractivity contribution in [2.75, 3.05) is 16.9 Å². The molecule has 11 heteroatoms. The van der Waals surface area contributed by atoms with Crippen molar-refractivity contribution in [1.29, 1.82) is 0 Å². The number of para-hydroxylation sites is 1. The summed E-state index contributed by atoms with van der Waals surface area (Å²) in [4.78, 5) is 35.0. The summed E-state index contributed by atoms with van der Waals surface area (Å²) in [5.74, 6) is 1.57. The standard InChI is InChI=1S/C27H27N7O3S/c1-27(2,3)21-15-22(34(33-21)16-8-6-5-7-9-16)30-25(35)29-18-11-10-17(14-20(18)38-4)37-19-12-13-28-24-23(19)31-26(36)32-24/h5-15H,1-4H3,(H2,29,30,35)(H2,28,31,32,36). The minimum Gasteiger partial charge on any atom is -0.455 e. The molecule has 0 bridgehead atoms. The van der Waals surface area contributed by atoms with E-state index in [1.165, 1.54) is 11.8 Å². The van der Waals surface area contributed by atoms with Crippen LogP contribution in [0.5, 0.6) is 11.5 Å². The quantitative estimate of drug-likeness (QED) is 0.203. The number of aromatic amines is 2. The molecule has 0 aliphatic carbocycles. The van der Waals surface area contributed by atoms with Gasteiger partial charge in [-0.1, -0.05) is 39.0 Å². The van der Waals surface area contributed by atoms with Crippen molar-refractivity contribution in [1.82, 2.24) is 24.7 Å². The van der Waals surface area contributed by atoms with Crippen molar-refractivity contribution in [3.63, 3.8) is 0 Å². The van der Waals surface area contributed by atoms with Crippen LogP contribution >= 0.6 is 11.8 Å². The maximum atomic E-state index is 13.1. The number of H-pyrrole nitrogens is 2. The van der Waals surface area contributed by atoms with Crippen molar-refractivity contribution in [2.24, 2.45) is 0 Å². The van der Waals surface area contributed by atoms with Gasteiger partial charge in [0.15, 0.2) is 11.4 Å². The Balaban J connectivity index is 1.37. The zero-order valence-electron chi connectivity index (χ0n) is 21.3. The number of aromatic nitrogens is 5. The van der Waals surface area contributed by atoms with Crippen LogP contribution in [0, 0.1) is 0 Å². The highest BCUT2D eigenvalue weighted by atomic mass is 32.2. The summed E-state index contributed by atoms with van der Waals surface area (Å²) < 4.78 is 7.75. The summed E-state index contributed by atoms with van der Waals surface area (Å²) in [5, 5.41) is 10.6. The Kier molecular flexibility index (Phi) is 6.68. The average molecular weight is 530 g/mol. The Hall–Kier alpha value is -4.51. The lowest BCUT2D eigenvalue weighted by molar-refractivity contribution is 0.262. The molecule has 0 atom stereocenters. The third-order valence-corrected chi connectivity index (χ3v) is 6.53. The van der Waals surface area contributed by atoms with E-state index < -0.39 is 6.03 Å². The second-order valence-corrected chi connectivity index (χ2v) is 10.4. The van der Waals surface area contributed by atoms with Crippen molar-refractivity contribution in [2.45, 2.75) is 31.1 Å². The molecule has 0 aliphatic rings. The van der Waals surface area contributed by atoms with Crippen LogP contribution < -0.4 is 21.1 Å². The number of urea groups is 1. The number of nitrogens with one attached hydrogen (secondary N) is 4. The van der Waals surface area contributed by atoms with Gasteiger partial charge in [-0.15, -0.1) is 11.8 Å². The van der Waals surface area contributed by atoms with E-state index in [2.05, 4.69) is 46.4 Å². The summed E-state index contributed by atoms with van der Waals surface area (Å²) in [6.45, 7) is 6.23. The molecule has 0 saturated heterocycles. The first kappa shape index (κ1) is 25.2.